The van der Waals surface area contributed by atoms with Crippen molar-refractivity contribution >= 4 is 28.4 Å². The molecule has 1 fully saturated rings. The van der Waals surface area contributed by atoms with Crippen molar-refractivity contribution in [2.45, 2.75) is 32.6 Å². The van der Waals surface area contributed by atoms with Gasteiger partial charge in [0, 0.05) is 64.4 Å². The van der Waals surface area contributed by atoms with E-state index in [1.807, 2.05) is 30.5 Å². The summed E-state index contributed by atoms with van der Waals surface area (Å²) in [6, 6.07) is 5.95. The number of aromatic amines is 1. The minimum absolute atomic E-state index is 0.249. The summed E-state index contributed by atoms with van der Waals surface area (Å²) in [6.45, 7) is 10.0. The molecule has 6 nitrogen and oxygen atoms in total. The predicted octanol–water partition coefficient (Wildman–Crippen LogP) is 7.35. The maximum atomic E-state index is 16.1. The number of allylic oxidation sites excluding steroid dienone is 3. The molecule has 0 aliphatic heterocycles. The molecule has 1 aliphatic carbocycles. The lowest BCUT2D eigenvalue weighted by atomic mass is 9.83. The number of anilines is 2. The maximum Gasteiger partial charge on any atom is 0.139 e. The highest BCUT2D eigenvalue weighted by atomic mass is 32.1. The van der Waals surface area contributed by atoms with Crippen molar-refractivity contribution in [3.8, 4) is 11.1 Å². The average molecular weight is 527 g/mol. The fraction of sp³-hybridized carbons (Fsp3) is 0.233. The standard InChI is InChI=1S/C30H31FN6S/c1-5-8-23(26-11-7-12-38-26)29-19(3)36-27(37-29)14-24-28(31)25(17-34-30(24)32-4)21-13-22(16-33-15-21)35-18(2)20-9-6-10-20/h5,7-8,11-13,15-17,20,35H,1-2,6,9-10,14H2,3-4H3,(H,32,34)(H,36,37)/b23-8-. The van der Waals surface area contributed by atoms with Gasteiger partial charge in [-0.1, -0.05) is 37.8 Å². The zero-order chi connectivity index (χ0) is 26.6. The lowest BCUT2D eigenvalue weighted by molar-refractivity contribution is 0.371. The van der Waals surface area contributed by atoms with Crippen LogP contribution >= 0.6 is 11.3 Å². The number of hydrogen-bond donors (Lipinski definition) is 3. The number of halogens is 1. The molecule has 4 heterocycles. The third-order valence-electron chi connectivity index (χ3n) is 6.90. The average Bonchev–Trinajstić information content (AvgIpc) is 3.53. The van der Waals surface area contributed by atoms with Crippen molar-refractivity contribution in [1.29, 1.82) is 0 Å². The number of aryl methyl sites for hydroxylation is 1. The highest BCUT2D eigenvalue weighted by Gasteiger charge is 2.22. The summed E-state index contributed by atoms with van der Waals surface area (Å²) in [5, 5.41) is 8.41. The third-order valence-corrected chi connectivity index (χ3v) is 7.81. The van der Waals surface area contributed by atoms with Gasteiger partial charge in [0.2, 0.25) is 0 Å². The van der Waals surface area contributed by atoms with Gasteiger partial charge in [0.1, 0.15) is 17.5 Å². The molecule has 0 amide bonds. The first-order valence-corrected chi connectivity index (χ1v) is 13.5. The number of nitrogens with zero attached hydrogens (tertiary/aromatic N) is 3. The van der Waals surface area contributed by atoms with Gasteiger partial charge in [0.15, 0.2) is 0 Å². The van der Waals surface area contributed by atoms with Crippen LogP contribution in [0.25, 0.3) is 16.7 Å². The van der Waals surface area contributed by atoms with E-state index in [9.17, 15) is 0 Å². The van der Waals surface area contributed by atoms with Crippen LogP contribution in [0.15, 0.2) is 73.2 Å². The van der Waals surface area contributed by atoms with Gasteiger partial charge in [0.25, 0.3) is 0 Å². The predicted molar refractivity (Wildman–Crippen MR) is 155 cm³/mol. The summed E-state index contributed by atoms with van der Waals surface area (Å²) < 4.78 is 16.1. The van der Waals surface area contributed by atoms with Crippen molar-refractivity contribution in [3.05, 3.63) is 107 Å². The monoisotopic (exact) mass is 526 g/mol. The second kappa shape index (κ2) is 11.1. The van der Waals surface area contributed by atoms with Gasteiger partial charge in [-0.05, 0) is 43.2 Å². The van der Waals surface area contributed by atoms with Crippen LogP contribution in [0, 0.1) is 18.7 Å². The molecule has 4 aromatic heterocycles. The largest absolute Gasteiger partial charge is 0.373 e. The van der Waals surface area contributed by atoms with E-state index >= 15 is 4.39 Å². The molecule has 0 radical (unpaired) electrons. The molecule has 4 aromatic rings. The SMILES string of the molecule is C=C/C=C(/c1cccs1)c1nc(Cc2c(NC)ncc(-c3cncc(NC(=C)C4CCC4)c3)c2F)[nH]c1C. The van der Waals surface area contributed by atoms with Crippen LogP contribution < -0.4 is 10.6 Å². The van der Waals surface area contributed by atoms with Gasteiger partial charge in [-0.3, -0.25) is 4.98 Å². The smallest absolute Gasteiger partial charge is 0.139 e. The molecular weight excluding hydrogens is 495 g/mol. The number of nitrogens with one attached hydrogen (secondary N) is 3. The molecule has 5 rings (SSSR count). The van der Waals surface area contributed by atoms with Crippen molar-refractivity contribution < 1.29 is 4.39 Å². The maximum absolute atomic E-state index is 16.1. The molecule has 0 bridgehead atoms. The first kappa shape index (κ1) is 25.6. The quantitative estimate of drug-likeness (QED) is 0.188. The van der Waals surface area contributed by atoms with Crippen LogP contribution in [0.1, 0.15) is 46.9 Å². The fourth-order valence-electron chi connectivity index (χ4n) is 4.67. The minimum Gasteiger partial charge on any atom is -0.373 e. The number of hydrogen-bond acceptors (Lipinski definition) is 6. The Morgan fingerprint density at radius 3 is 2.82 bits per heavy atom. The zero-order valence-electron chi connectivity index (χ0n) is 21.6. The Bertz CT molecular complexity index is 1500. The Kier molecular flexibility index (Phi) is 7.51. The van der Waals surface area contributed by atoms with E-state index in [-0.39, 0.29) is 12.2 Å². The van der Waals surface area contributed by atoms with Crippen LogP contribution in [-0.2, 0) is 6.42 Å². The highest BCUT2D eigenvalue weighted by Crippen LogP contribution is 2.35. The number of rotatable bonds is 10. The number of aromatic nitrogens is 4. The van der Waals surface area contributed by atoms with E-state index in [1.54, 1.807) is 43.1 Å². The van der Waals surface area contributed by atoms with Gasteiger partial charge < -0.3 is 15.6 Å². The van der Waals surface area contributed by atoms with E-state index in [4.69, 9.17) is 4.98 Å². The van der Waals surface area contributed by atoms with E-state index in [1.165, 1.54) is 6.42 Å². The topological polar surface area (TPSA) is 78.5 Å². The number of imidazole rings is 1. The molecular formula is C30H31FN6S. The Morgan fingerprint density at radius 1 is 1.29 bits per heavy atom. The zero-order valence-corrected chi connectivity index (χ0v) is 22.5. The molecule has 38 heavy (non-hydrogen) atoms. The summed E-state index contributed by atoms with van der Waals surface area (Å²) in [4.78, 5) is 18.2. The summed E-state index contributed by atoms with van der Waals surface area (Å²) in [6.07, 6.45) is 12.4. The van der Waals surface area contributed by atoms with Crippen molar-refractivity contribution in [2.75, 3.05) is 17.7 Å². The van der Waals surface area contributed by atoms with Gasteiger partial charge in [-0.25, -0.2) is 14.4 Å². The second-order valence-corrected chi connectivity index (χ2v) is 10.4. The van der Waals surface area contributed by atoms with Gasteiger partial charge in [-0.15, -0.1) is 11.3 Å². The van der Waals surface area contributed by atoms with E-state index in [0.29, 0.717) is 34.3 Å². The van der Waals surface area contributed by atoms with Crippen molar-refractivity contribution in [3.63, 3.8) is 0 Å². The van der Waals surface area contributed by atoms with Crippen LogP contribution in [0.4, 0.5) is 15.9 Å². The molecule has 8 heteroatoms. The molecule has 194 valence electrons. The first-order chi connectivity index (χ1) is 18.5. The van der Waals surface area contributed by atoms with Crippen LogP contribution in [0.2, 0.25) is 0 Å². The molecule has 0 atom stereocenters. The van der Waals surface area contributed by atoms with Crippen LogP contribution in [0.3, 0.4) is 0 Å². The first-order valence-electron chi connectivity index (χ1n) is 12.7. The summed E-state index contributed by atoms with van der Waals surface area (Å²) in [5.74, 6) is 1.27. The molecule has 3 N–H and O–H groups in total. The Morgan fingerprint density at radius 2 is 2.13 bits per heavy atom. The molecule has 1 aliphatic rings. The Hall–Kier alpha value is -4.04. The molecule has 0 spiro atoms. The minimum atomic E-state index is -0.350. The van der Waals surface area contributed by atoms with E-state index < -0.39 is 0 Å². The summed E-state index contributed by atoms with van der Waals surface area (Å²) >= 11 is 1.64. The van der Waals surface area contributed by atoms with Gasteiger partial charge in [0.05, 0.1) is 17.6 Å². The number of pyridine rings is 2. The second-order valence-electron chi connectivity index (χ2n) is 9.43. The fourth-order valence-corrected chi connectivity index (χ4v) is 5.42. The molecule has 0 unspecified atom stereocenters. The summed E-state index contributed by atoms with van der Waals surface area (Å²) in [5.41, 5.74) is 5.97. The lowest BCUT2D eigenvalue weighted by Gasteiger charge is -2.28. The molecule has 0 saturated heterocycles. The van der Waals surface area contributed by atoms with E-state index in [2.05, 4.69) is 44.8 Å². The Labute approximate surface area is 226 Å². The van der Waals surface area contributed by atoms with Crippen LogP contribution in [-0.4, -0.2) is 27.0 Å². The normalized spacial score (nSPS) is 13.7. The lowest BCUT2D eigenvalue weighted by Crippen LogP contribution is -2.18. The molecule has 0 aromatic carbocycles. The number of H-pyrrole nitrogens is 1. The van der Waals surface area contributed by atoms with Gasteiger partial charge in [-0.2, -0.15) is 0 Å². The van der Waals surface area contributed by atoms with Crippen LogP contribution in [0.5, 0.6) is 0 Å². The van der Waals surface area contributed by atoms with E-state index in [0.717, 1.165) is 46.1 Å². The van der Waals surface area contributed by atoms with Crippen molar-refractivity contribution in [2.24, 2.45) is 5.92 Å². The van der Waals surface area contributed by atoms with Gasteiger partial charge >= 0.3 is 0 Å². The summed E-state index contributed by atoms with van der Waals surface area (Å²) in [7, 11) is 1.74. The molecule has 1 saturated carbocycles. The highest BCUT2D eigenvalue weighted by molar-refractivity contribution is 7.11. The Balaban J connectivity index is 1.46. The number of thiophene rings is 1. The third kappa shape index (κ3) is 5.17. The van der Waals surface area contributed by atoms with Crippen molar-refractivity contribution in [1.82, 2.24) is 19.9 Å².